The number of aromatic nitrogens is 1. The van der Waals surface area contributed by atoms with Crippen LogP contribution in [0.3, 0.4) is 0 Å². The summed E-state index contributed by atoms with van der Waals surface area (Å²) in [6, 6.07) is 16.1. The summed E-state index contributed by atoms with van der Waals surface area (Å²) in [5, 5.41) is 22.8. The molecule has 154 valence electrons. The molecule has 3 aromatic rings. The number of hydrogen-bond donors (Lipinski definition) is 4. The van der Waals surface area contributed by atoms with Crippen molar-refractivity contribution in [1.29, 1.82) is 0 Å². The first kappa shape index (κ1) is 18.8. The molecule has 4 N–H and O–H groups in total. The Bertz CT molecular complexity index is 1110. The van der Waals surface area contributed by atoms with Crippen LogP contribution in [-0.2, 0) is 4.84 Å². The summed E-state index contributed by atoms with van der Waals surface area (Å²) in [7, 11) is 0. The van der Waals surface area contributed by atoms with Crippen molar-refractivity contribution in [2.45, 2.75) is 18.9 Å². The van der Waals surface area contributed by atoms with E-state index in [1.54, 1.807) is 0 Å². The highest BCUT2D eigenvalue weighted by atomic mass is 16.6. The standard InChI is InChI=1S/C23H25N5O2/c29-23-20(16-5-1-3-7-18(16)27-23)22-21(17-6-2-4-8-19(17)26-22)28-30-14-13-25-15-9-11-24-12-10-15/h1-8,15,24-25,27,29H,9-14H2/b28-21+. The van der Waals surface area contributed by atoms with Gasteiger partial charge in [-0.25, -0.2) is 4.99 Å². The molecule has 0 bridgehead atoms. The zero-order valence-electron chi connectivity index (χ0n) is 16.7. The highest BCUT2D eigenvalue weighted by Gasteiger charge is 2.29. The summed E-state index contributed by atoms with van der Waals surface area (Å²) in [5.74, 6) is 0.0861. The minimum atomic E-state index is 0.0861. The Labute approximate surface area is 174 Å². The zero-order valence-corrected chi connectivity index (χ0v) is 16.7. The van der Waals surface area contributed by atoms with E-state index < -0.39 is 0 Å². The molecule has 5 rings (SSSR count). The quantitative estimate of drug-likeness (QED) is 0.376. The lowest BCUT2D eigenvalue weighted by atomic mass is 10.0. The van der Waals surface area contributed by atoms with E-state index in [9.17, 15) is 5.11 Å². The molecule has 0 radical (unpaired) electrons. The summed E-state index contributed by atoms with van der Waals surface area (Å²) < 4.78 is 0. The minimum absolute atomic E-state index is 0.0861. The predicted octanol–water partition coefficient (Wildman–Crippen LogP) is 3.07. The highest BCUT2D eigenvalue weighted by molar-refractivity contribution is 6.58. The third-order valence-electron chi connectivity index (χ3n) is 5.66. The fraction of sp³-hybridized carbons (Fsp3) is 0.304. The highest BCUT2D eigenvalue weighted by Crippen LogP contribution is 2.35. The number of oxime groups is 1. The number of piperidine rings is 1. The maximum absolute atomic E-state index is 10.6. The molecule has 7 nitrogen and oxygen atoms in total. The summed E-state index contributed by atoms with van der Waals surface area (Å²) >= 11 is 0. The van der Waals surface area contributed by atoms with E-state index >= 15 is 0 Å². The smallest absolute Gasteiger partial charge is 0.199 e. The molecule has 1 saturated heterocycles. The van der Waals surface area contributed by atoms with Gasteiger partial charge >= 0.3 is 0 Å². The van der Waals surface area contributed by atoms with Crippen LogP contribution in [0.4, 0.5) is 5.69 Å². The van der Waals surface area contributed by atoms with Gasteiger partial charge in [0.05, 0.1) is 11.3 Å². The number of H-pyrrole nitrogens is 1. The summed E-state index contributed by atoms with van der Waals surface area (Å²) in [5.41, 5.74) is 4.51. The van der Waals surface area contributed by atoms with Crippen molar-refractivity contribution in [1.82, 2.24) is 15.6 Å². The SMILES string of the molecule is Oc1[nH]c2ccccc2c1C1=Nc2ccccc2/C1=N\OCCNC1CCNCC1. The number of hydrogen-bond acceptors (Lipinski definition) is 6. The van der Waals surface area contributed by atoms with E-state index in [1.165, 1.54) is 0 Å². The van der Waals surface area contributed by atoms with Gasteiger partial charge in [0.25, 0.3) is 0 Å². The van der Waals surface area contributed by atoms with Crippen molar-refractivity contribution >= 4 is 28.0 Å². The van der Waals surface area contributed by atoms with Crippen LogP contribution in [0.15, 0.2) is 58.7 Å². The second kappa shape index (κ2) is 8.30. The molecule has 2 aliphatic rings. The van der Waals surface area contributed by atoms with Gasteiger partial charge in [0, 0.05) is 29.1 Å². The normalized spacial score (nSPS) is 18.0. The third kappa shape index (κ3) is 3.58. The monoisotopic (exact) mass is 403 g/mol. The van der Waals surface area contributed by atoms with Gasteiger partial charge in [0.2, 0.25) is 0 Å². The molecule has 0 unspecified atom stereocenters. The minimum Gasteiger partial charge on any atom is -0.494 e. The van der Waals surface area contributed by atoms with E-state index in [4.69, 9.17) is 9.83 Å². The maximum atomic E-state index is 10.6. The van der Waals surface area contributed by atoms with Crippen molar-refractivity contribution < 1.29 is 9.94 Å². The average molecular weight is 403 g/mol. The number of nitrogens with zero attached hydrogens (tertiary/aromatic N) is 2. The Hall–Kier alpha value is -3.16. The van der Waals surface area contributed by atoms with Gasteiger partial charge in [0.1, 0.15) is 18.0 Å². The number of rotatable bonds is 6. The number of aliphatic imine (C=N–C) groups is 1. The fourth-order valence-corrected chi connectivity index (χ4v) is 4.15. The first-order valence-corrected chi connectivity index (χ1v) is 10.4. The molecule has 7 heteroatoms. The van der Waals surface area contributed by atoms with Gasteiger partial charge in [-0.15, -0.1) is 0 Å². The molecule has 1 fully saturated rings. The van der Waals surface area contributed by atoms with E-state index in [1.807, 2.05) is 48.5 Å². The molecule has 2 aromatic carbocycles. The number of aromatic hydroxyl groups is 1. The molecular weight excluding hydrogens is 378 g/mol. The third-order valence-corrected chi connectivity index (χ3v) is 5.66. The van der Waals surface area contributed by atoms with Crippen molar-refractivity contribution in [3.8, 4) is 5.88 Å². The molecule has 0 amide bonds. The van der Waals surface area contributed by atoms with Crippen LogP contribution in [0.5, 0.6) is 5.88 Å². The van der Waals surface area contributed by atoms with Crippen molar-refractivity contribution in [2.75, 3.05) is 26.2 Å². The van der Waals surface area contributed by atoms with Crippen LogP contribution >= 0.6 is 0 Å². The molecule has 1 aromatic heterocycles. The average Bonchev–Trinajstić information content (AvgIpc) is 3.30. The summed E-state index contributed by atoms with van der Waals surface area (Å²) in [6.07, 6.45) is 2.27. The topological polar surface area (TPSA) is 94.0 Å². The largest absolute Gasteiger partial charge is 0.494 e. The first-order valence-electron chi connectivity index (χ1n) is 10.4. The van der Waals surface area contributed by atoms with Gasteiger partial charge in [-0.3, -0.25) is 0 Å². The predicted molar refractivity (Wildman–Crippen MR) is 119 cm³/mol. The van der Waals surface area contributed by atoms with E-state index in [0.29, 0.717) is 29.6 Å². The van der Waals surface area contributed by atoms with Gasteiger partial charge in [0.15, 0.2) is 5.88 Å². The molecule has 30 heavy (non-hydrogen) atoms. The van der Waals surface area contributed by atoms with Gasteiger partial charge in [-0.2, -0.15) is 0 Å². The number of para-hydroxylation sites is 2. The Balaban J connectivity index is 1.38. The summed E-state index contributed by atoms with van der Waals surface area (Å²) in [6.45, 7) is 3.34. The van der Waals surface area contributed by atoms with Gasteiger partial charge in [-0.05, 0) is 38.1 Å². The van der Waals surface area contributed by atoms with Crippen LogP contribution in [0.25, 0.3) is 10.9 Å². The number of fused-ring (bicyclic) bond motifs is 2. The zero-order chi connectivity index (χ0) is 20.3. The van der Waals surface area contributed by atoms with Crippen molar-refractivity contribution in [3.05, 3.63) is 59.7 Å². The van der Waals surface area contributed by atoms with Crippen LogP contribution in [0, 0.1) is 0 Å². The Kier molecular flexibility index (Phi) is 5.21. The molecule has 0 spiro atoms. The van der Waals surface area contributed by atoms with E-state index in [-0.39, 0.29) is 5.88 Å². The van der Waals surface area contributed by atoms with E-state index in [2.05, 4.69) is 20.8 Å². The number of benzene rings is 2. The molecule has 2 aliphatic heterocycles. The van der Waals surface area contributed by atoms with Crippen LogP contribution < -0.4 is 10.6 Å². The first-order chi connectivity index (χ1) is 14.8. The lowest BCUT2D eigenvalue weighted by Crippen LogP contribution is -2.41. The number of aromatic amines is 1. The Morgan fingerprint density at radius 3 is 2.80 bits per heavy atom. The van der Waals surface area contributed by atoms with Crippen molar-refractivity contribution in [2.24, 2.45) is 10.1 Å². The Morgan fingerprint density at radius 2 is 1.90 bits per heavy atom. The molecule has 0 atom stereocenters. The lowest BCUT2D eigenvalue weighted by Gasteiger charge is -2.23. The fourth-order valence-electron chi connectivity index (χ4n) is 4.15. The van der Waals surface area contributed by atoms with Crippen LogP contribution in [0.2, 0.25) is 0 Å². The second-order valence-corrected chi connectivity index (χ2v) is 7.62. The summed E-state index contributed by atoms with van der Waals surface area (Å²) in [4.78, 5) is 13.5. The second-order valence-electron chi connectivity index (χ2n) is 7.62. The lowest BCUT2D eigenvalue weighted by molar-refractivity contribution is 0.143. The molecular formula is C23H25N5O2. The van der Waals surface area contributed by atoms with E-state index in [0.717, 1.165) is 54.6 Å². The van der Waals surface area contributed by atoms with Gasteiger partial charge in [-0.1, -0.05) is 41.6 Å². The molecule has 0 saturated carbocycles. The van der Waals surface area contributed by atoms with Crippen LogP contribution in [0.1, 0.15) is 24.0 Å². The Morgan fingerprint density at radius 1 is 1.10 bits per heavy atom. The molecule has 3 heterocycles. The maximum Gasteiger partial charge on any atom is 0.199 e. The van der Waals surface area contributed by atoms with Crippen molar-refractivity contribution in [3.63, 3.8) is 0 Å². The van der Waals surface area contributed by atoms with Gasteiger partial charge < -0.3 is 25.6 Å². The van der Waals surface area contributed by atoms with Crippen LogP contribution in [-0.4, -0.2) is 53.8 Å². The molecule has 0 aliphatic carbocycles. The number of nitrogens with one attached hydrogen (secondary N) is 3.